The number of rotatable bonds is 3. The molecule has 2 atom stereocenters. The van der Waals surface area contributed by atoms with E-state index in [9.17, 15) is 4.79 Å². The van der Waals surface area contributed by atoms with Gasteiger partial charge in [0.15, 0.2) is 0 Å². The molecule has 1 saturated heterocycles. The number of amides is 1. The quantitative estimate of drug-likeness (QED) is 0.939. The van der Waals surface area contributed by atoms with Crippen LogP contribution in [0.15, 0.2) is 17.8 Å². The highest BCUT2D eigenvalue weighted by Gasteiger charge is 2.30. The predicted molar refractivity (Wildman–Crippen MR) is 79.2 cm³/mol. The van der Waals surface area contributed by atoms with E-state index in [0.717, 1.165) is 24.1 Å². The Bertz CT molecular complexity index is 636. The number of hydrogen-bond acceptors (Lipinski definition) is 5. The van der Waals surface area contributed by atoms with Gasteiger partial charge in [-0.2, -0.15) is 9.47 Å². The largest absolute Gasteiger partial charge is 0.371 e. The summed E-state index contributed by atoms with van der Waals surface area (Å²) in [4.78, 5) is 12.4. The molecule has 1 aliphatic heterocycles. The van der Waals surface area contributed by atoms with Crippen LogP contribution in [0.2, 0.25) is 0 Å². The predicted octanol–water partition coefficient (Wildman–Crippen LogP) is 1.84. The zero-order valence-electron chi connectivity index (χ0n) is 12.1. The van der Waals surface area contributed by atoms with Crippen molar-refractivity contribution in [2.75, 3.05) is 6.61 Å². The molecule has 0 unspecified atom stereocenters. The van der Waals surface area contributed by atoms with Crippen molar-refractivity contribution in [3.8, 4) is 0 Å². The van der Waals surface area contributed by atoms with Gasteiger partial charge in [-0.1, -0.05) is 0 Å². The smallest absolute Gasteiger partial charge is 0.254 e. The van der Waals surface area contributed by atoms with E-state index in [4.69, 9.17) is 4.74 Å². The molecule has 2 aromatic rings. The van der Waals surface area contributed by atoms with E-state index in [1.54, 1.807) is 16.3 Å². The summed E-state index contributed by atoms with van der Waals surface area (Å²) in [5.74, 6) is -0.0781. The lowest BCUT2D eigenvalue weighted by molar-refractivity contribution is -0.00950. The van der Waals surface area contributed by atoms with Gasteiger partial charge < -0.3 is 10.1 Å². The first-order chi connectivity index (χ1) is 10.1. The lowest BCUT2D eigenvalue weighted by atomic mass is 9.98. The number of nitrogens with one attached hydrogen (secondary N) is 1. The number of carbonyl (C=O) groups excluding carboxylic acids is 1. The van der Waals surface area contributed by atoms with Crippen molar-refractivity contribution in [1.29, 1.82) is 0 Å². The first kappa shape index (κ1) is 14.2. The molecule has 0 radical (unpaired) electrons. The maximum atomic E-state index is 12.4. The number of aromatic nitrogens is 3. The molecule has 0 bridgehead atoms. The van der Waals surface area contributed by atoms with Crippen molar-refractivity contribution >= 4 is 17.4 Å². The summed E-state index contributed by atoms with van der Waals surface area (Å²) in [7, 11) is 1.88. The Labute approximate surface area is 127 Å². The molecule has 1 N–H and O–H groups in total. The van der Waals surface area contributed by atoms with Gasteiger partial charge in [-0.25, -0.2) is 0 Å². The van der Waals surface area contributed by atoms with Crippen molar-refractivity contribution in [1.82, 2.24) is 19.5 Å². The Kier molecular flexibility index (Phi) is 4.03. The van der Waals surface area contributed by atoms with Gasteiger partial charge in [0, 0.05) is 30.8 Å². The van der Waals surface area contributed by atoms with Crippen LogP contribution >= 0.6 is 11.5 Å². The molecule has 2 aromatic heterocycles. The maximum absolute atomic E-state index is 12.4. The molecule has 0 aromatic carbocycles. The molecule has 0 spiro atoms. The van der Waals surface area contributed by atoms with Crippen molar-refractivity contribution in [3.05, 3.63) is 34.6 Å². The molecule has 7 heteroatoms. The van der Waals surface area contributed by atoms with Crippen molar-refractivity contribution in [2.45, 2.75) is 31.9 Å². The summed E-state index contributed by atoms with van der Waals surface area (Å²) in [5.41, 5.74) is 2.42. The van der Waals surface area contributed by atoms with Crippen LogP contribution in [0.4, 0.5) is 0 Å². The number of aryl methyl sites for hydroxylation is 2. The van der Waals surface area contributed by atoms with Gasteiger partial charge in [0.25, 0.3) is 5.91 Å². The minimum Gasteiger partial charge on any atom is -0.371 e. The molecule has 0 aliphatic carbocycles. The highest BCUT2D eigenvalue weighted by atomic mass is 32.1. The minimum atomic E-state index is -0.136. The summed E-state index contributed by atoms with van der Waals surface area (Å²) >= 11 is 1.30. The topological polar surface area (TPSA) is 69.0 Å². The summed E-state index contributed by atoms with van der Waals surface area (Å²) in [5, 5.41) is 9.06. The summed E-state index contributed by atoms with van der Waals surface area (Å²) in [6.45, 7) is 2.56. The number of hydrogen-bond donors (Lipinski definition) is 1. The second-order valence-electron chi connectivity index (χ2n) is 5.27. The second-order valence-corrected chi connectivity index (χ2v) is 5.90. The van der Waals surface area contributed by atoms with E-state index in [1.807, 2.05) is 20.2 Å². The molecule has 6 nitrogen and oxygen atoms in total. The third-order valence-electron chi connectivity index (χ3n) is 3.69. The first-order valence-corrected chi connectivity index (χ1v) is 7.81. The van der Waals surface area contributed by atoms with Crippen LogP contribution in [-0.4, -0.2) is 32.7 Å². The fourth-order valence-electron chi connectivity index (χ4n) is 2.60. The van der Waals surface area contributed by atoms with Gasteiger partial charge in [-0.15, -0.1) is 0 Å². The normalized spacial score (nSPS) is 22.2. The molecule has 1 fully saturated rings. The Balaban J connectivity index is 1.76. The molecule has 1 aliphatic rings. The standard InChI is InChI=1S/C14H18N4O2S/c1-9-11(8-21-17-9)14(19)16-12-4-3-5-20-13(12)10-6-15-18(2)7-10/h6-8,12-13H,3-5H2,1-2H3,(H,16,19)/t12-,13+/m0/s1. The SMILES string of the molecule is Cc1nscc1C(=O)N[C@H]1CCCO[C@@H]1c1cnn(C)c1. The van der Waals surface area contributed by atoms with Crippen LogP contribution in [0.25, 0.3) is 0 Å². The molecule has 21 heavy (non-hydrogen) atoms. The third-order valence-corrected chi connectivity index (χ3v) is 4.41. The van der Waals surface area contributed by atoms with E-state index >= 15 is 0 Å². The molecular weight excluding hydrogens is 288 g/mol. The average Bonchev–Trinajstić information content (AvgIpc) is 3.08. The van der Waals surface area contributed by atoms with E-state index in [2.05, 4.69) is 14.8 Å². The number of nitrogens with zero attached hydrogens (tertiary/aromatic N) is 3. The Morgan fingerprint density at radius 1 is 1.57 bits per heavy atom. The van der Waals surface area contributed by atoms with Crippen molar-refractivity contribution < 1.29 is 9.53 Å². The highest BCUT2D eigenvalue weighted by Crippen LogP contribution is 2.28. The lowest BCUT2D eigenvalue weighted by Crippen LogP contribution is -2.42. The summed E-state index contributed by atoms with van der Waals surface area (Å²) < 4.78 is 11.8. The molecule has 0 saturated carbocycles. The third kappa shape index (κ3) is 2.98. The zero-order valence-corrected chi connectivity index (χ0v) is 12.9. The van der Waals surface area contributed by atoms with E-state index < -0.39 is 0 Å². The van der Waals surface area contributed by atoms with E-state index in [0.29, 0.717) is 12.2 Å². The van der Waals surface area contributed by atoms with Gasteiger partial charge in [0.1, 0.15) is 6.10 Å². The summed E-state index contributed by atoms with van der Waals surface area (Å²) in [6.07, 6.45) is 5.45. The van der Waals surface area contributed by atoms with Crippen LogP contribution < -0.4 is 5.32 Å². The van der Waals surface area contributed by atoms with Gasteiger partial charge in [0.05, 0.1) is 23.5 Å². The molecule has 3 rings (SSSR count). The average molecular weight is 306 g/mol. The van der Waals surface area contributed by atoms with Gasteiger partial charge in [-0.05, 0) is 31.3 Å². The van der Waals surface area contributed by atoms with Crippen molar-refractivity contribution in [2.24, 2.45) is 7.05 Å². The first-order valence-electron chi connectivity index (χ1n) is 6.97. The molecule has 1 amide bonds. The van der Waals surface area contributed by atoms with Gasteiger partial charge >= 0.3 is 0 Å². The van der Waals surface area contributed by atoms with Crippen LogP contribution in [-0.2, 0) is 11.8 Å². The summed E-state index contributed by atoms with van der Waals surface area (Å²) in [6, 6.07) is -0.0326. The number of ether oxygens (including phenoxy) is 1. The van der Waals surface area contributed by atoms with Crippen LogP contribution in [0.1, 0.15) is 40.6 Å². The fourth-order valence-corrected chi connectivity index (χ4v) is 3.29. The Morgan fingerprint density at radius 3 is 3.10 bits per heavy atom. The van der Waals surface area contributed by atoms with Crippen LogP contribution in [0.5, 0.6) is 0 Å². The Morgan fingerprint density at radius 2 is 2.43 bits per heavy atom. The van der Waals surface area contributed by atoms with Gasteiger partial charge in [-0.3, -0.25) is 9.48 Å². The highest BCUT2D eigenvalue weighted by molar-refractivity contribution is 7.03. The number of carbonyl (C=O) groups is 1. The van der Waals surface area contributed by atoms with Crippen LogP contribution in [0.3, 0.4) is 0 Å². The Hall–Kier alpha value is -1.73. The molecule has 3 heterocycles. The second kappa shape index (κ2) is 5.95. The molecule has 112 valence electrons. The maximum Gasteiger partial charge on any atom is 0.254 e. The fraction of sp³-hybridized carbons (Fsp3) is 0.500. The minimum absolute atomic E-state index is 0.0326. The van der Waals surface area contributed by atoms with Gasteiger partial charge in [0.2, 0.25) is 0 Å². The van der Waals surface area contributed by atoms with Crippen molar-refractivity contribution in [3.63, 3.8) is 0 Å². The monoisotopic (exact) mass is 306 g/mol. The molecular formula is C14H18N4O2S. The van der Waals surface area contributed by atoms with E-state index in [1.165, 1.54) is 11.5 Å². The lowest BCUT2D eigenvalue weighted by Gasteiger charge is -2.31. The van der Waals surface area contributed by atoms with E-state index in [-0.39, 0.29) is 18.1 Å². The van der Waals surface area contributed by atoms with Crippen LogP contribution in [0, 0.1) is 6.92 Å². The zero-order chi connectivity index (χ0) is 14.8.